The van der Waals surface area contributed by atoms with Crippen LogP contribution in [0.2, 0.25) is 0 Å². The summed E-state index contributed by atoms with van der Waals surface area (Å²) in [4.78, 5) is 2.40. The lowest BCUT2D eigenvalue weighted by molar-refractivity contribution is 0.0662. The second kappa shape index (κ2) is 8.80. The Bertz CT molecular complexity index is 723. The summed E-state index contributed by atoms with van der Waals surface area (Å²) >= 11 is 0. The maximum Gasteiger partial charge on any atom is 0.165 e. The monoisotopic (exact) mass is 371 g/mol. The molecular weight excluding hydrogens is 342 g/mol. The number of hydrogen-bond donors (Lipinski definition) is 0. The fourth-order valence-electron chi connectivity index (χ4n) is 4.24. The first-order valence-corrected chi connectivity index (χ1v) is 10.1. The molecule has 0 bridgehead atoms. The van der Waals surface area contributed by atoms with Gasteiger partial charge in [0.15, 0.2) is 5.82 Å². The van der Waals surface area contributed by atoms with Gasteiger partial charge in [-0.3, -0.25) is 4.90 Å². The van der Waals surface area contributed by atoms with E-state index in [1.807, 2.05) is 12.1 Å². The molecule has 4 rings (SSSR count). The third kappa shape index (κ3) is 4.65. The minimum absolute atomic E-state index is 0.298. The molecular formula is C20H29N5O2. The largest absolute Gasteiger partial charge is 0.497 e. The molecule has 1 aliphatic carbocycles. The van der Waals surface area contributed by atoms with Gasteiger partial charge in [-0.15, -0.1) is 5.10 Å². The first kappa shape index (κ1) is 18.4. The summed E-state index contributed by atoms with van der Waals surface area (Å²) in [7, 11) is 1.71. The number of ether oxygens (including phenoxy) is 2. The van der Waals surface area contributed by atoms with Gasteiger partial charge in [0.2, 0.25) is 0 Å². The van der Waals surface area contributed by atoms with Crippen LogP contribution < -0.4 is 4.74 Å². The van der Waals surface area contributed by atoms with Gasteiger partial charge in [-0.25, -0.2) is 4.68 Å². The molecule has 1 aromatic carbocycles. The van der Waals surface area contributed by atoms with Crippen molar-refractivity contribution in [2.45, 2.75) is 63.8 Å². The van der Waals surface area contributed by atoms with Crippen LogP contribution in [0.3, 0.4) is 0 Å². The van der Waals surface area contributed by atoms with E-state index in [-0.39, 0.29) is 0 Å². The number of methoxy groups -OCH3 is 1. The van der Waals surface area contributed by atoms with Gasteiger partial charge < -0.3 is 9.47 Å². The predicted octanol–water partition coefficient (Wildman–Crippen LogP) is 2.98. The zero-order valence-electron chi connectivity index (χ0n) is 16.1. The highest BCUT2D eigenvalue weighted by atomic mass is 16.5. The highest BCUT2D eigenvalue weighted by molar-refractivity contribution is 5.28. The summed E-state index contributed by atoms with van der Waals surface area (Å²) in [5.41, 5.74) is 1.23. The van der Waals surface area contributed by atoms with Gasteiger partial charge in [0.05, 0.1) is 25.8 Å². The van der Waals surface area contributed by atoms with Crippen molar-refractivity contribution >= 4 is 0 Å². The molecule has 1 aliphatic heterocycles. The summed E-state index contributed by atoms with van der Waals surface area (Å²) in [6.45, 7) is 3.33. The molecule has 0 amide bonds. The Morgan fingerprint density at radius 3 is 2.85 bits per heavy atom. The molecule has 2 fully saturated rings. The van der Waals surface area contributed by atoms with Crippen molar-refractivity contribution in [1.29, 1.82) is 0 Å². The van der Waals surface area contributed by atoms with E-state index in [1.54, 1.807) is 7.11 Å². The summed E-state index contributed by atoms with van der Waals surface area (Å²) in [6.07, 6.45) is 7.48. The molecule has 0 N–H and O–H groups in total. The second-order valence-corrected chi connectivity index (χ2v) is 7.63. The molecule has 0 radical (unpaired) electrons. The van der Waals surface area contributed by atoms with Gasteiger partial charge in [-0.1, -0.05) is 25.0 Å². The van der Waals surface area contributed by atoms with Crippen LogP contribution >= 0.6 is 0 Å². The van der Waals surface area contributed by atoms with Gasteiger partial charge >= 0.3 is 0 Å². The Balaban J connectivity index is 1.50. The zero-order valence-corrected chi connectivity index (χ0v) is 16.1. The van der Waals surface area contributed by atoms with E-state index in [9.17, 15) is 0 Å². The SMILES string of the molecule is COc1cccc(CN(Cc2nnnn2C2CCCC2)C[C@H]2CCCO2)c1. The van der Waals surface area contributed by atoms with Gasteiger partial charge in [-0.05, 0) is 53.8 Å². The van der Waals surface area contributed by atoms with Crippen LogP contribution in [0.4, 0.5) is 0 Å². The molecule has 2 heterocycles. The molecule has 1 aromatic heterocycles. The zero-order chi connectivity index (χ0) is 18.5. The minimum atomic E-state index is 0.298. The van der Waals surface area contributed by atoms with E-state index < -0.39 is 0 Å². The molecule has 2 aromatic rings. The lowest BCUT2D eigenvalue weighted by Crippen LogP contribution is -2.32. The minimum Gasteiger partial charge on any atom is -0.497 e. The summed E-state index contributed by atoms with van der Waals surface area (Å²) in [5, 5.41) is 12.6. The van der Waals surface area contributed by atoms with E-state index in [4.69, 9.17) is 9.47 Å². The number of nitrogens with zero attached hydrogens (tertiary/aromatic N) is 5. The quantitative estimate of drug-likeness (QED) is 0.711. The predicted molar refractivity (Wildman–Crippen MR) is 101 cm³/mol. The van der Waals surface area contributed by atoms with E-state index in [0.29, 0.717) is 12.1 Å². The van der Waals surface area contributed by atoms with Crippen LogP contribution in [0.25, 0.3) is 0 Å². The second-order valence-electron chi connectivity index (χ2n) is 7.63. The van der Waals surface area contributed by atoms with Gasteiger partial charge in [0.25, 0.3) is 0 Å². The average molecular weight is 371 g/mol. The third-order valence-corrected chi connectivity index (χ3v) is 5.62. The fraction of sp³-hybridized carbons (Fsp3) is 0.650. The van der Waals surface area contributed by atoms with E-state index >= 15 is 0 Å². The van der Waals surface area contributed by atoms with Crippen LogP contribution in [0, 0.1) is 0 Å². The molecule has 146 valence electrons. The fourth-order valence-corrected chi connectivity index (χ4v) is 4.24. The van der Waals surface area contributed by atoms with Gasteiger partial charge in [0.1, 0.15) is 5.75 Å². The topological polar surface area (TPSA) is 65.3 Å². The molecule has 1 saturated carbocycles. The van der Waals surface area contributed by atoms with Crippen LogP contribution in [-0.4, -0.2) is 51.5 Å². The standard InChI is InChI=1S/C20H29N5O2/c1-26-18-9-4-6-16(12-18)13-24(14-19-10-5-11-27-19)15-20-21-22-23-25(20)17-7-2-3-8-17/h4,6,9,12,17,19H,2-3,5,7-8,10-11,13-15H2,1H3/t19-/m1/s1. The molecule has 0 unspecified atom stereocenters. The highest BCUT2D eigenvalue weighted by Gasteiger charge is 2.25. The number of hydrogen-bond acceptors (Lipinski definition) is 6. The maximum atomic E-state index is 5.89. The van der Waals surface area contributed by atoms with Crippen LogP contribution in [0.5, 0.6) is 5.75 Å². The van der Waals surface area contributed by atoms with E-state index in [0.717, 1.165) is 50.7 Å². The molecule has 1 saturated heterocycles. The average Bonchev–Trinajstić information content (AvgIpc) is 3.44. The van der Waals surface area contributed by atoms with Gasteiger partial charge in [0, 0.05) is 19.7 Å². The van der Waals surface area contributed by atoms with Crippen molar-refractivity contribution in [3.63, 3.8) is 0 Å². The molecule has 7 heteroatoms. The number of benzene rings is 1. The Hall–Kier alpha value is -1.99. The van der Waals surface area contributed by atoms with Crippen molar-refractivity contribution in [3.05, 3.63) is 35.7 Å². The van der Waals surface area contributed by atoms with Crippen LogP contribution in [-0.2, 0) is 17.8 Å². The van der Waals surface area contributed by atoms with Crippen molar-refractivity contribution < 1.29 is 9.47 Å². The summed E-state index contributed by atoms with van der Waals surface area (Å²) in [5.74, 6) is 1.85. The summed E-state index contributed by atoms with van der Waals surface area (Å²) < 4.78 is 13.3. The smallest absolute Gasteiger partial charge is 0.165 e. The molecule has 7 nitrogen and oxygen atoms in total. The Labute approximate surface area is 160 Å². The number of rotatable bonds is 8. The lowest BCUT2D eigenvalue weighted by atomic mass is 10.1. The van der Waals surface area contributed by atoms with E-state index in [2.05, 4.69) is 37.2 Å². The first-order valence-electron chi connectivity index (χ1n) is 10.1. The molecule has 0 spiro atoms. The Kier molecular flexibility index (Phi) is 5.99. The number of tetrazole rings is 1. The van der Waals surface area contributed by atoms with Crippen molar-refractivity contribution in [3.8, 4) is 5.75 Å². The van der Waals surface area contributed by atoms with Crippen molar-refractivity contribution in [2.24, 2.45) is 0 Å². The van der Waals surface area contributed by atoms with Crippen LogP contribution in [0.15, 0.2) is 24.3 Å². The molecule has 1 atom stereocenters. The normalized spacial score (nSPS) is 20.6. The summed E-state index contributed by atoms with van der Waals surface area (Å²) in [6, 6.07) is 8.72. The van der Waals surface area contributed by atoms with Crippen molar-refractivity contribution in [2.75, 3.05) is 20.3 Å². The Morgan fingerprint density at radius 1 is 1.19 bits per heavy atom. The number of aromatic nitrogens is 4. The first-order chi connectivity index (χ1) is 13.3. The molecule has 2 aliphatic rings. The Morgan fingerprint density at radius 2 is 2.07 bits per heavy atom. The highest BCUT2D eigenvalue weighted by Crippen LogP contribution is 2.29. The third-order valence-electron chi connectivity index (χ3n) is 5.62. The lowest BCUT2D eigenvalue weighted by Gasteiger charge is -2.25. The van der Waals surface area contributed by atoms with Crippen LogP contribution in [0.1, 0.15) is 56.0 Å². The maximum absolute atomic E-state index is 5.89. The van der Waals surface area contributed by atoms with Crippen molar-refractivity contribution in [1.82, 2.24) is 25.1 Å². The van der Waals surface area contributed by atoms with E-state index in [1.165, 1.54) is 31.2 Å². The van der Waals surface area contributed by atoms with Gasteiger partial charge in [-0.2, -0.15) is 0 Å². The molecule has 27 heavy (non-hydrogen) atoms.